The quantitative estimate of drug-likeness (QED) is 0.777. The summed E-state index contributed by atoms with van der Waals surface area (Å²) in [5.41, 5.74) is 0.812. The normalized spacial score (nSPS) is 23.2. The Labute approximate surface area is 172 Å². The van der Waals surface area contributed by atoms with Gasteiger partial charge in [0.1, 0.15) is 5.84 Å². The molecule has 8 nitrogen and oxygen atoms in total. The molecule has 154 valence electrons. The number of aromatic nitrogens is 2. The molecule has 0 aromatic carbocycles. The van der Waals surface area contributed by atoms with Gasteiger partial charge in [-0.3, -0.25) is 0 Å². The first-order valence-electron chi connectivity index (χ1n) is 9.54. The van der Waals surface area contributed by atoms with E-state index in [4.69, 9.17) is 16.3 Å². The number of nitrogens with one attached hydrogen (secondary N) is 2. The van der Waals surface area contributed by atoms with Crippen LogP contribution in [0.5, 0.6) is 0 Å². The van der Waals surface area contributed by atoms with Crippen molar-refractivity contribution >= 4 is 34.9 Å². The molecule has 2 N–H and O–H groups in total. The summed E-state index contributed by atoms with van der Waals surface area (Å²) in [4.78, 5) is 26.5. The number of carbonyl (C=O) groups excluding carboxylic acids is 1. The van der Waals surface area contributed by atoms with E-state index in [2.05, 4.69) is 25.6 Å². The number of ether oxygens (including phenoxy) is 1. The SMILES string of the molecule is CC(C)OC(=O)N1CC[C@H](Nc2nc(C3=CNC4=NC=C(Cl)CC34)ncc2F)C1. The second-order valence-electron chi connectivity index (χ2n) is 7.49. The number of rotatable bonds is 4. The van der Waals surface area contributed by atoms with Gasteiger partial charge in [0.15, 0.2) is 17.5 Å². The molecular formula is C19H22ClFN6O2. The van der Waals surface area contributed by atoms with Crippen LogP contribution in [0.2, 0.25) is 0 Å². The van der Waals surface area contributed by atoms with Crippen LogP contribution in [0.4, 0.5) is 15.0 Å². The van der Waals surface area contributed by atoms with E-state index in [1.54, 1.807) is 31.1 Å². The molecule has 1 aromatic rings. The minimum atomic E-state index is -0.543. The van der Waals surface area contributed by atoms with Crippen molar-refractivity contribution in [2.24, 2.45) is 10.9 Å². The summed E-state index contributed by atoms with van der Waals surface area (Å²) in [6, 6.07) is -0.119. The van der Waals surface area contributed by atoms with Crippen molar-refractivity contribution in [1.82, 2.24) is 20.2 Å². The number of aliphatic imine (C=N–C) groups is 1. The molecule has 29 heavy (non-hydrogen) atoms. The fourth-order valence-corrected chi connectivity index (χ4v) is 3.77. The van der Waals surface area contributed by atoms with Crippen LogP contribution in [0.15, 0.2) is 28.6 Å². The monoisotopic (exact) mass is 420 g/mol. The Hall–Kier alpha value is -2.68. The average molecular weight is 421 g/mol. The third kappa shape index (κ3) is 4.19. The van der Waals surface area contributed by atoms with Crippen LogP contribution < -0.4 is 10.6 Å². The van der Waals surface area contributed by atoms with Gasteiger partial charge in [-0.2, -0.15) is 0 Å². The Balaban J connectivity index is 1.46. The topological polar surface area (TPSA) is 91.7 Å². The van der Waals surface area contributed by atoms with E-state index in [-0.39, 0.29) is 30.0 Å². The highest BCUT2D eigenvalue weighted by Gasteiger charge is 2.32. The van der Waals surface area contributed by atoms with Crippen LogP contribution in [0.1, 0.15) is 32.5 Å². The van der Waals surface area contributed by atoms with Crippen molar-refractivity contribution in [3.05, 3.63) is 35.3 Å². The number of hydrogen-bond acceptors (Lipinski definition) is 7. The molecule has 1 unspecified atom stereocenters. The second-order valence-corrected chi connectivity index (χ2v) is 7.98. The number of nitrogens with zero attached hydrogens (tertiary/aromatic N) is 4. The number of amides is 1. The lowest BCUT2D eigenvalue weighted by Crippen LogP contribution is -2.33. The van der Waals surface area contributed by atoms with E-state index < -0.39 is 5.82 Å². The second kappa shape index (κ2) is 7.98. The molecule has 1 saturated heterocycles. The molecule has 0 saturated carbocycles. The van der Waals surface area contributed by atoms with Crippen molar-refractivity contribution in [1.29, 1.82) is 0 Å². The highest BCUT2D eigenvalue weighted by atomic mass is 35.5. The predicted octanol–water partition coefficient (Wildman–Crippen LogP) is 3.09. The summed E-state index contributed by atoms with van der Waals surface area (Å²) in [7, 11) is 0. The lowest BCUT2D eigenvalue weighted by atomic mass is 9.95. The van der Waals surface area contributed by atoms with Gasteiger partial charge in [-0.05, 0) is 26.7 Å². The van der Waals surface area contributed by atoms with Gasteiger partial charge >= 0.3 is 6.09 Å². The van der Waals surface area contributed by atoms with Crippen molar-refractivity contribution in [3.63, 3.8) is 0 Å². The minimum Gasteiger partial charge on any atom is -0.447 e. The standard InChI is InChI=1S/C19H22ClFN6O2/c1-10(2)29-19(28)27-4-3-12(9-27)25-18-15(21)8-24-17(26-18)14-7-23-16-13(14)5-11(20)6-22-16/h6-8,10,12-13H,3-5,9H2,1-2H3,(H,22,23)(H,24,25,26)/t12-,13?/m0/s1. The fraction of sp³-hybridized carbons (Fsp3) is 0.474. The van der Waals surface area contributed by atoms with E-state index in [1.165, 1.54) is 0 Å². The van der Waals surface area contributed by atoms with Crippen molar-refractivity contribution in [2.75, 3.05) is 18.4 Å². The highest BCUT2D eigenvalue weighted by molar-refractivity contribution is 6.30. The third-order valence-corrected chi connectivity index (χ3v) is 5.20. The van der Waals surface area contributed by atoms with Crippen molar-refractivity contribution < 1.29 is 13.9 Å². The van der Waals surface area contributed by atoms with E-state index in [9.17, 15) is 9.18 Å². The van der Waals surface area contributed by atoms with Crippen LogP contribution in [0.25, 0.3) is 5.57 Å². The Morgan fingerprint density at radius 3 is 3.10 bits per heavy atom. The van der Waals surface area contributed by atoms with Gasteiger partial charge in [0, 0.05) is 42.1 Å². The molecule has 1 aromatic heterocycles. The lowest BCUT2D eigenvalue weighted by molar-refractivity contribution is 0.0834. The number of anilines is 1. The maximum absolute atomic E-state index is 14.4. The molecule has 1 fully saturated rings. The zero-order chi connectivity index (χ0) is 20.5. The van der Waals surface area contributed by atoms with Gasteiger partial charge in [0.2, 0.25) is 0 Å². The smallest absolute Gasteiger partial charge is 0.410 e. The van der Waals surface area contributed by atoms with Gasteiger partial charge in [0.05, 0.1) is 18.2 Å². The largest absolute Gasteiger partial charge is 0.447 e. The number of amidine groups is 1. The van der Waals surface area contributed by atoms with Gasteiger partial charge in [-0.15, -0.1) is 0 Å². The molecule has 3 aliphatic heterocycles. The molecule has 4 rings (SSSR count). The summed E-state index contributed by atoms with van der Waals surface area (Å²) >= 11 is 6.12. The Kier molecular flexibility index (Phi) is 5.40. The van der Waals surface area contributed by atoms with Gasteiger partial charge in [-0.1, -0.05) is 11.6 Å². The third-order valence-electron chi connectivity index (χ3n) is 4.95. The first-order valence-corrected chi connectivity index (χ1v) is 9.92. The van der Waals surface area contributed by atoms with Gasteiger partial charge in [-0.25, -0.2) is 24.1 Å². The number of hydrogen-bond donors (Lipinski definition) is 2. The molecule has 1 amide bonds. The molecule has 3 aliphatic rings. The number of allylic oxidation sites excluding steroid dienone is 1. The molecule has 10 heteroatoms. The van der Waals surface area contributed by atoms with Crippen molar-refractivity contribution in [2.45, 2.75) is 38.8 Å². The molecular weight excluding hydrogens is 399 g/mol. The molecule has 0 spiro atoms. The molecule has 0 bridgehead atoms. The van der Waals surface area contributed by atoms with Crippen LogP contribution >= 0.6 is 11.6 Å². The molecule has 0 aliphatic carbocycles. The Morgan fingerprint density at radius 2 is 2.31 bits per heavy atom. The fourth-order valence-electron chi connectivity index (χ4n) is 3.56. The number of fused-ring (bicyclic) bond motifs is 1. The first kappa shape index (κ1) is 19.6. The highest BCUT2D eigenvalue weighted by Crippen LogP contribution is 2.35. The summed E-state index contributed by atoms with van der Waals surface area (Å²) < 4.78 is 19.6. The summed E-state index contributed by atoms with van der Waals surface area (Å²) in [5.74, 6) is 0.694. The Bertz CT molecular complexity index is 916. The summed E-state index contributed by atoms with van der Waals surface area (Å²) in [6.07, 6.45) is 5.29. The summed E-state index contributed by atoms with van der Waals surface area (Å²) in [6.45, 7) is 4.58. The van der Waals surface area contributed by atoms with Crippen LogP contribution in [0.3, 0.4) is 0 Å². The Morgan fingerprint density at radius 1 is 1.48 bits per heavy atom. The maximum atomic E-state index is 14.4. The van der Waals surface area contributed by atoms with Gasteiger partial charge < -0.3 is 20.3 Å². The molecule has 4 heterocycles. The van der Waals surface area contributed by atoms with Crippen LogP contribution in [0, 0.1) is 11.7 Å². The minimum absolute atomic E-state index is 0.0708. The van der Waals surface area contributed by atoms with Crippen LogP contribution in [-0.4, -0.2) is 52.0 Å². The average Bonchev–Trinajstić information content (AvgIpc) is 3.30. The van der Waals surface area contributed by atoms with Crippen molar-refractivity contribution in [3.8, 4) is 0 Å². The number of likely N-dealkylation sites (tertiary alicyclic amines) is 1. The lowest BCUT2D eigenvalue weighted by Gasteiger charge is -2.19. The maximum Gasteiger partial charge on any atom is 0.410 e. The van der Waals surface area contributed by atoms with E-state index in [0.717, 1.165) is 17.6 Å². The van der Waals surface area contributed by atoms with Gasteiger partial charge in [0.25, 0.3) is 0 Å². The summed E-state index contributed by atoms with van der Waals surface area (Å²) in [5, 5.41) is 6.85. The van der Waals surface area contributed by atoms with E-state index in [1.807, 2.05) is 0 Å². The number of halogens is 2. The zero-order valence-corrected chi connectivity index (χ0v) is 16.9. The zero-order valence-electron chi connectivity index (χ0n) is 16.2. The van der Waals surface area contributed by atoms with E-state index >= 15 is 0 Å². The first-order chi connectivity index (χ1) is 13.9. The molecule has 2 atom stereocenters. The molecule has 0 radical (unpaired) electrons. The predicted molar refractivity (Wildman–Crippen MR) is 108 cm³/mol. The van der Waals surface area contributed by atoms with E-state index in [0.29, 0.717) is 36.8 Å². The van der Waals surface area contributed by atoms with Crippen LogP contribution in [-0.2, 0) is 4.74 Å². The number of carbonyl (C=O) groups is 1.